The van der Waals surface area contributed by atoms with Crippen LogP contribution in [0.5, 0.6) is 0 Å². The van der Waals surface area contributed by atoms with Gasteiger partial charge in [0.05, 0.1) is 19.4 Å². The zero-order chi connectivity index (χ0) is 22.8. The van der Waals surface area contributed by atoms with Crippen molar-refractivity contribution < 1.29 is 23.6 Å². The summed E-state index contributed by atoms with van der Waals surface area (Å²) in [5.41, 5.74) is 3.21. The van der Waals surface area contributed by atoms with Crippen molar-refractivity contribution in [1.82, 2.24) is 14.4 Å². The Bertz CT molecular complexity index is 1090. The number of allylic oxidation sites excluding steroid dienone is 1. The average molecular weight is 437 g/mol. The van der Waals surface area contributed by atoms with E-state index in [1.54, 1.807) is 18.4 Å². The molecule has 0 unspecified atom stereocenters. The van der Waals surface area contributed by atoms with Gasteiger partial charge in [-0.15, -0.1) is 0 Å². The summed E-state index contributed by atoms with van der Waals surface area (Å²) in [4.78, 5) is 52.3. The molecule has 0 radical (unpaired) electrons. The Labute approximate surface area is 186 Å². The molecule has 0 bridgehead atoms. The molecule has 0 N–H and O–H groups in total. The number of hydrogen-bond acceptors (Lipinski definition) is 5. The van der Waals surface area contributed by atoms with Gasteiger partial charge in [0, 0.05) is 23.5 Å². The van der Waals surface area contributed by atoms with E-state index in [4.69, 9.17) is 4.42 Å². The molecule has 4 rings (SSSR count). The number of urea groups is 1. The second-order valence-electron chi connectivity index (χ2n) is 8.36. The van der Waals surface area contributed by atoms with Gasteiger partial charge in [0.2, 0.25) is 0 Å². The van der Waals surface area contributed by atoms with Crippen molar-refractivity contribution in [2.24, 2.45) is 0 Å². The summed E-state index contributed by atoms with van der Waals surface area (Å²) in [7, 11) is 0. The minimum atomic E-state index is -0.939. The number of carbonyl (C=O) groups excluding carboxylic acids is 4. The topological polar surface area (TPSA) is 92.8 Å². The summed E-state index contributed by atoms with van der Waals surface area (Å²) in [5.74, 6) is -1.42. The number of nitrogens with zero attached hydrogens (tertiary/aromatic N) is 3. The van der Waals surface area contributed by atoms with Gasteiger partial charge in [0.15, 0.2) is 5.78 Å². The summed E-state index contributed by atoms with van der Waals surface area (Å²) in [5, 5.41) is 0. The molecular weight excluding hydrogens is 410 g/mol. The van der Waals surface area contributed by atoms with Crippen LogP contribution in [0.3, 0.4) is 0 Å². The number of amides is 4. The Morgan fingerprint density at radius 1 is 1.09 bits per heavy atom. The lowest BCUT2D eigenvalue weighted by Gasteiger charge is -2.17. The summed E-state index contributed by atoms with van der Waals surface area (Å²) in [6, 6.07) is 4.68. The third-order valence-electron chi connectivity index (χ3n) is 6.25. The molecule has 0 saturated carbocycles. The molecule has 1 aliphatic heterocycles. The Morgan fingerprint density at radius 3 is 2.56 bits per heavy atom. The molecule has 2 aliphatic rings. The molecule has 168 valence electrons. The molecule has 0 atom stereocenters. The van der Waals surface area contributed by atoms with Crippen molar-refractivity contribution >= 4 is 23.6 Å². The maximum atomic E-state index is 13.0. The monoisotopic (exact) mass is 437 g/mol. The standard InChI is InChI=1S/C24H27N3O5/c1-16-13-20(17(2)26(16)14-19-9-6-12-32-19)21(28)15-27-23(30)22(29)25(24(27)31)11-10-18-7-4-3-5-8-18/h6-7,9,12-13H,3-5,8,10-11,14-15H2,1-2H3. The number of imide groups is 2. The molecule has 0 spiro atoms. The van der Waals surface area contributed by atoms with Crippen LogP contribution in [0.15, 0.2) is 40.5 Å². The third-order valence-corrected chi connectivity index (χ3v) is 6.25. The second-order valence-corrected chi connectivity index (χ2v) is 8.36. The highest BCUT2D eigenvalue weighted by molar-refractivity contribution is 6.45. The maximum Gasteiger partial charge on any atom is 0.334 e. The second kappa shape index (κ2) is 8.98. The van der Waals surface area contributed by atoms with Crippen molar-refractivity contribution in [3.8, 4) is 0 Å². The lowest BCUT2D eigenvalue weighted by molar-refractivity contribution is -0.143. The largest absolute Gasteiger partial charge is 0.467 e. The lowest BCUT2D eigenvalue weighted by atomic mass is 9.97. The van der Waals surface area contributed by atoms with Gasteiger partial charge >= 0.3 is 17.8 Å². The number of ketones is 1. The van der Waals surface area contributed by atoms with E-state index in [0.717, 1.165) is 52.6 Å². The number of hydrogen-bond donors (Lipinski definition) is 0. The van der Waals surface area contributed by atoms with E-state index in [-0.39, 0.29) is 12.3 Å². The molecule has 4 amide bonds. The Balaban J connectivity index is 1.45. The third kappa shape index (κ3) is 4.17. The number of furan rings is 1. The van der Waals surface area contributed by atoms with Crippen molar-refractivity contribution in [3.05, 3.63) is 58.8 Å². The SMILES string of the molecule is Cc1cc(C(=O)CN2C(=O)C(=O)N(CCC3=CCCCC3)C2=O)c(C)n1Cc1ccco1. The Hall–Kier alpha value is -3.42. The van der Waals surface area contributed by atoms with Crippen LogP contribution in [0, 0.1) is 13.8 Å². The Kier molecular flexibility index (Phi) is 6.12. The molecule has 2 aromatic heterocycles. The quantitative estimate of drug-likeness (QED) is 0.272. The highest BCUT2D eigenvalue weighted by atomic mass is 16.3. The van der Waals surface area contributed by atoms with E-state index in [0.29, 0.717) is 18.5 Å². The van der Waals surface area contributed by atoms with Crippen molar-refractivity contribution in [2.75, 3.05) is 13.1 Å². The van der Waals surface area contributed by atoms with E-state index in [1.807, 2.05) is 24.5 Å². The van der Waals surface area contributed by atoms with Crippen LogP contribution < -0.4 is 0 Å². The predicted octanol–water partition coefficient (Wildman–Crippen LogP) is 3.61. The van der Waals surface area contributed by atoms with Crippen LogP contribution in [0.4, 0.5) is 4.79 Å². The molecule has 1 fully saturated rings. The average Bonchev–Trinajstić information content (AvgIpc) is 3.45. The molecule has 32 heavy (non-hydrogen) atoms. The summed E-state index contributed by atoms with van der Waals surface area (Å²) in [6.07, 6.45) is 8.53. The van der Waals surface area contributed by atoms with E-state index in [1.165, 1.54) is 5.57 Å². The molecule has 8 heteroatoms. The van der Waals surface area contributed by atoms with Crippen molar-refractivity contribution in [3.63, 3.8) is 0 Å². The number of aryl methyl sites for hydroxylation is 1. The van der Waals surface area contributed by atoms with E-state index in [2.05, 4.69) is 6.08 Å². The highest BCUT2D eigenvalue weighted by Gasteiger charge is 2.45. The predicted molar refractivity (Wildman–Crippen MR) is 116 cm³/mol. The normalized spacial score (nSPS) is 16.8. The van der Waals surface area contributed by atoms with Gasteiger partial charge < -0.3 is 8.98 Å². The first-order valence-corrected chi connectivity index (χ1v) is 10.9. The zero-order valence-electron chi connectivity index (χ0n) is 18.4. The van der Waals surface area contributed by atoms with Crippen LogP contribution in [0.2, 0.25) is 0 Å². The van der Waals surface area contributed by atoms with Gasteiger partial charge in [-0.2, -0.15) is 0 Å². The molecule has 8 nitrogen and oxygen atoms in total. The van der Waals surface area contributed by atoms with Crippen molar-refractivity contribution in [2.45, 2.75) is 52.5 Å². The molecule has 0 aromatic carbocycles. The van der Waals surface area contributed by atoms with Gasteiger partial charge in [0.1, 0.15) is 5.76 Å². The highest BCUT2D eigenvalue weighted by Crippen LogP contribution is 2.23. The van der Waals surface area contributed by atoms with Crippen LogP contribution in [-0.2, 0) is 16.1 Å². The number of aromatic nitrogens is 1. The van der Waals surface area contributed by atoms with Crippen LogP contribution >= 0.6 is 0 Å². The lowest BCUT2D eigenvalue weighted by Crippen LogP contribution is -2.37. The summed E-state index contributed by atoms with van der Waals surface area (Å²) in [6.45, 7) is 3.88. The summed E-state index contributed by atoms with van der Waals surface area (Å²) < 4.78 is 7.33. The number of Topliss-reactive ketones (excluding diaryl/α,β-unsaturated/α-hetero) is 1. The van der Waals surface area contributed by atoms with Crippen LogP contribution in [0.25, 0.3) is 0 Å². The van der Waals surface area contributed by atoms with E-state index < -0.39 is 24.4 Å². The van der Waals surface area contributed by atoms with Crippen LogP contribution in [0.1, 0.15) is 59.6 Å². The number of carbonyl (C=O) groups is 4. The maximum absolute atomic E-state index is 13.0. The van der Waals surface area contributed by atoms with Gasteiger partial charge in [-0.25, -0.2) is 9.69 Å². The molecule has 1 saturated heterocycles. The first-order valence-electron chi connectivity index (χ1n) is 10.9. The van der Waals surface area contributed by atoms with Gasteiger partial charge in [-0.05, 0) is 64.2 Å². The van der Waals surface area contributed by atoms with Crippen LogP contribution in [-0.4, -0.2) is 51.1 Å². The fourth-order valence-corrected chi connectivity index (χ4v) is 4.39. The first-order chi connectivity index (χ1) is 15.4. The summed E-state index contributed by atoms with van der Waals surface area (Å²) >= 11 is 0. The minimum absolute atomic E-state index is 0.164. The van der Waals surface area contributed by atoms with Gasteiger partial charge in [0.25, 0.3) is 0 Å². The Morgan fingerprint density at radius 2 is 1.88 bits per heavy atom. The molecule has 3 heterocycles. The van der Waals surface area contributed by atoms with Gasteiger partial charge in [-0.3, -0.25) is 19.3 Å². The fourth-order valence-electron chi connectivity index (χ4n) is 4.39. The smallest absolute Gasteiger partial charge is 0.334 e. The first kappa shape index (κ1) is 21.8. The van der Waals surface area contributed by atoms with Gasteiger partial charge in [-0.1, -0.05) is 11.6 Å². The van der Waals surface area contributed by atoms with Crippen molar-refractivity contribution in [1.29, 1.82) is 0 Å². The number of rotatable bonds is 8. The fraction of sp³-hybridized carbons (Fsp3) is 0.417. The molecule has 1 aliphatic carbocycles. The molecular formula is C24H27N3O5. The van der Waals surface area contributed by atoms with E-state index >= 15 is 0 Å². The minimum Gasteiger partial charge on any atom is -0.467 e. The zero-order valence-corrected chi connectivity index (χ0v) is 18.4. The van der Waals surface area contributed by atoms with E-state index in [9.17, 15) is 19.2 Å². The molecule has 2 aromatic rings.